The first-order chi connectivity index (χ1) is 7.65. The van der Waals surface area contributed by atoms with Gasteiger partial charge in [0.25, 0.3) is 0 Å². The lowest BCUT2D eigenvalue weighted by Gasteiger charge is -2.06. The van der Waals surface area contributed by atoms with Crippen molar-refractivity contribution in [3.8, 4) is 11.8 Å². The number of aromatic nitrogens is 4. The van der Waals surface area contributed by atoms with Crippen molar-refractivity contribution in [1.29, 1.82) is 0 Å². The largest absolute Gasteiger partial charge is 0.482 e. The molecule has 0 amide bonds. The Kier molecular flexibility index (Phi) is 2.31. The second-order valence-corrected chi connectivity index (χ2v) is 2.82. The van der Waals surface area contributed by atoms with Gasteiger partial charge in [-0.15, -0.1) is 0 Å². The molecule has 2 rings (SSSR count). The molecule has 0 saturated heterocycles. The molecule has 0 fully saturated rings. The zero-order valence-electron chi connectivity index (χ0n) is 8.55. The highest BCUT2D eigenvalue weighted by atomic mass is 16.5. The Balaban J connectivity index is 2.95. The molecule has 8 nitrogen and oxygen atoms in total. The molecule has 0 aromatic carbocycles. The zero-order chi connectivity index (χ0) is 11.7. The maximum atomic E-state index is 11.5. The Morgan fingerprint density at radius 2 is 2.00 bits per heavy atom. The van der Waals surface area contributed by atoms with Crippen LogP contribution in [0.3, 0.4) is 0 Å². The van der Waals surface area contributed by atoms with Gasteiger partial charge in [-0.3, -0.25) is 4.98 Å². The van der Waals surface area contributed by atoms with Crippen LogP contribution in [0.5, 0.6) is 11.8 Å². The van der Waals surface area contributed by atoms with Crippen molar-refractivity contribution in [2.75, 3.05) is 14.2 Å². The number of aromatic amines is 1. The lowest BCUT2D eigenvalue weighted by Crippen LogP contribution is -2.29. The van der Waals surface area contributed by atoms with E-state index in [1.54, 1.807) is 0 Å². The second-order valence-electron chi connectivity index (χ2n) is 2.82. The molecule has 0 aliphatic carbocycles. The van der Waals surface area contributed by atoms with Gasteiger partial charge in [-0.25, -0.2) is 9.59 Å². The van der Waals surface area contributed by atoms with Gasteiger partial charge in [0, 0.05) is 0 Å². The van der Waals surface area contributed by atoms with E-state index in [0.29, 0.717) is 0 Å². The van der Waals surface area contributed by atoms with Crippen LogP contribution in [0.15, 0.2) is 15.7 Å². The highest BCUT2D eigenvalue weighted by molar-refractivity contribution is 5.36. The smallest absolute Gasteiger partial charge is 0.352 e. The summed E-state index contributed by atoms with van der Waals surface area (Å²) in [5.74, 6) is 0.301. The summed E-state index contributed by atoms with van der Waals surface area (Å²) < 4.78 is 10.9. The highest BCUT2D eigenvalue weighted by Crippen LogP contribution is 2.15. The van der Waals surface area contributed by atoms with Crippen LogP contribution in [0.1, 0.15) is 0 Å². The standard InChI is InChI=1S/C8H8N4O4/c1-15-4-3-5(16-2)12-6(9-4)10-7(13)11-8(12)14/h3H,1-2H3,(H,11,13,14). The first kappa shape index (κ1) is 10.1. The summed E-state index contributed by atoms with van der Waals surface area (Å²) in [6.07, 6.45) is 0. The first-order valence-corrected chi connectivity index (χ1v) is 4.28. The van der Waals surface area contributed by atoms with E-state index in [1.165, 1.54) is 20.3 Å². The second kappa shape index (κ2) is 3.65. The molecule has 0 atom stereocenters. The molecule has 0 bridgehead atoms. The predicted octanol–water partition coefficient (Wildman–Crippen LogP) is -1.20. The molecule has 0 radical (unpaired) electrons. The average molecular weight is 224 g/mol. The lowest BCUT2D eigenvalue weighted by atomic mass is 10.6. The number of ether oxygens (including phenoxy) is 2. The maximum Gasteiger partial charge on any atom is 0.352 e. The van der Waals surface area contributed by atoms with Crippen LogP contribution in [0.25, 0.3) is 5.78 Å². The Bertz CT molecular complexity index is 645. The third-order valence-corrected chi connectivity index (χ3v) is 1.91. The monoisotopic (exact) mass is 224 g/mol. The zero-order valence-corrected chi connectivity index (χ0v) is 8.55. The minimum Gasteiger partial charge on any atom is -0.482 e. The summed E-state index contributed by atoms with van der Waals surface area (Å²) >= 11 is 0. The first-order valence-electron chi connectivity index (χ1n) is 4.28. The van der Waals surface area contributed by atoms with Gasteiger partial charge in [0.1, 0.15) is 0 Å². The fourth-order valence-electron chi connectivity index (χ4n) is 1.24. The van der Waals surface area contributed by atoms with Gasteiger partial charge in [0.2, 0.25) is 17.5 Å². The molecule has 8 heteroatoms. The minimum absolute atomic E-state index is 0.0787. The van der Waals surface area contributed by atoms with Crippen molar-refractivity contribution in [3.05, 3.63) is 27.0 Å². The van der Waals surface area contributed by atoms with Crippen LogP contribution in [0.4, 0.5) is 0 Å². The van der Waals surface area contributed by atoms with Crippen LogP contribution < -0.4 is 20.9 Å². The number of hydrogen-bond acceptors (Lipinski definition) is 6. The average Bonchev–Trinajstić information content (AvgIpc) is 2.26. The van der Waals surface area contributed by atoms with Gasteiger partial charge in [-0.2, -0.15) is 14.4 Å². The quantitative estimate of drug-likeness (QED) is 0.687. The molecule has 2 heterocycles. The van der Waals surface area contributed by atoms with Gasteiger partial charge < -0.3 is 9.47 Å². The van der Waals surface area contributed by atoms with E-state index >= 15 is 0 Å². The molecular formula is C8H8N4O4. The molecule has 0 saturated carbocycles. The van der Waals surface area contributed by atoms with E-state index in [1.807, 2.05) is 4.98 Å². The number of methoxy groups -OCH3 is 2. The summed E-state index contributed by atoms with van der Waals surface area (Å²) in [5.41, 5.74) is -1.44. The number of fused-ring (bicyclic) bond motifs is 1. The molecule has 16 heavy (non-hydrogen) atoms. The fraction of sp³-hybridized carbons (Fsp3) is 0.250. The molecule has 0 aliphatic rings. The topological polar surface area (TPSA) is 98.6 Å². The highest BCUT2D eigenvalue weighted by Gasteiger charge is 2.09. The van der Waals surface area contributed by atoms with Crippen molar-refractivity contribution in [3.63, 3.8) is 0 Å². The Labute approximate surface area is 88.5 Å². The van der Waals surface area contributed by atoms with E-state index in [9.17, 15) is 9.59 Å². The number of nitrogens with zero attached hydrogens (tertiary/aromatic N) is 3. The number of hydrogen-bond donors (Lipinski definition) is 1. The van der Waals surface area contributed by atoms with Crippen LogP contribution in [-0.2, 0) is 0 Å². The van der Waals surface area contributed by atoms with Gasteiger partial charge >= 0.3 is 11.4 Å². The molecule has 84 valence electrons. The number of H-pyrrole nitrogens is 1. The van der Waals surface area contributed by atoms with E-state index < -0.39 is 11.4 Å². The normalized spacial score (nSPS) is 10.4. The fourth-order valence-corrected chi connectivity index (χ4v) is 1.24. The van der Waals surface area contributed by atoms with Gasteiger partial charge in [0.15, 0.2) is 0 Å². The molecular weight excluding hydrogens is 216 g/mol. The van der Waals surface area contributed by atoms with Crippen LogP contribution in [0.2, 0.25) is 0 Å². The van der Waals surface area contributed by atoms with Gasteiger partial charge in [-0.05, 0) is 0 Å². The van der Waals surface area contributed by atoms with Crippen LogP contribution in [-0.4, -0.2) is 33.6 Å². The van der Waals surface area contributed by atoms with Gasteiger partial charge in [-0.1, -0.05) is 0 Å². The van der Waals surface area contributed by atoms with Crippen molar-refractivity contribution >= 4 is 5.78 Å². The Morgan fingerprint density at radius 1 is 1.25 bits per heavy atom. The van der Waals surface area contributed by atoms with E-state index in [0.717, 1.165) is 4.40 Å². The van der Waals surface area contributed by atoms with Gasteiger partial charge in [0.05, 0.1) is 20.3 Å². The molecule has 2 aromatic heterocycles. The predicted molar refractivity (Wildman–Crippen MR) is 53.0 cm³/mol. The third kappa shape index (κ3) is 1.49. The SMILES string of the molecule is COc1cc(OC)n2c(=O)[nH]c(=O)nc2n1. The van der Waals surface area contributed by atoms with E-state index in [4.69, 9.17) is 9.47 Å². The lowest BCUT2D eigenvalue weighted by molar-refractivity contribution is 0.366. The van der Waals surface area contributed by atoms with Crippen LogP contribution in [0, 0.1) is 0 Å². The summed E-state index contributed by atoms with van der Waals surface area (Å²) in [4.78, 5) is 31.9. The molecule has 2 aromatic rings. The van der Waals surface area contributed by atoms with Crippen molar-refractivity contribution in [2.24, 2.45) is 0 Å². The van der Waals surface area contributed by atoms with Crippen molar-refractivity contribution in [1.82, 2.24) is 19.4 Å². The Morgan fingerprint density at radius 3 is 2.62 bits per heavy atom. The van der Waals surface area contributed by atoms with E-state index in [2.05, 4.69) is 9.97 Å². The Hall–Kier alpha value is -2.38. The van der Waals surface area contributed by atoms with Crippen molar-refractivity contribution in [2.45, 2.75) is 0 Å². The van der Waals surface area contributed by atoms with Crippen LogP contribution >= 0.6 is 0 Å². The summed E-state index contributed by atoms with van der Waals surface area (Å²) in [5, 5.41) is 0. The number of rotatable bonds is 2. The summed E-state index contributed by atoms with van der Waals surface area (Å²) in [6.45, 7) is 0. The maximum absolute atomic E-state index is 11.5. The molecule has 0 unspecified atom stereocenters. The minimum atomic E-state index is -0.771. The molecule has 0 aliphatic heterocycles. The molecule has 1 N–H and O–H groups in total. The van der Waals surface area contributed by atoms with E-state index in [-0.39, 0.29) is 17.5 Å². The summed E-state index contributed by atoms with van der Waals surface area (Å²) in [6, 6.07) is 1.41. The van der Waals surface area contributed by atoms with Crippen molar-refractivity contribution < 1.29 is 9.47 Å². The number of nitrogens with one attached hydrogen (secondary N) is 1. The third-order valence-electron chi connectivity index (χ3n) is 1.91. The summed E-state index contributed by atoms with van der Waals surface area (Å²) in [7, 11) is 2.79. The molecule has 0 spiro atoms.